The Labute approximate surface area is 102 Å². The van der Waals surface area contributed by atoms with E-state index in [1.807, 2.05) is 24.3 Å². The lowest BCUT2D eigenvalue weighted by molar-refractivity contribution is -0.123. The van der Waals surface area contributed by atoms with E-state index in [-0.39, 0.29) is 17.4 Å². The standard InChI is InChI=1S/C14H19NO2/c1-14(2,3)8-13(16)15-11-9-17-12-7-5-4-6-10(11)12/h4-7,11H,8-9H2,1-3H3,(H,15,16). The smallest absolute Gasteiger partial charge is 0.221 e. The normalized spacial score (nSPS) is 18.4. The molecule has 92 valence electrons. The molecule has 0 aromatic heterocycles. The first-order valence-corrected chi connectivity index (χ1v) is 5.97. The van der Waals surface area contributed by atoms with Crippen molar-refractivity contribution >= 4 is 5.91 Å². The second kappa shape index (κ2) is 4.40. The predicted molar refractivity (Wildman–Crippen MR) is 66.9 cm³/mol. The third-order valence-electron chi connectivity index (χ3n) is 2.73. The van der Waals surface area contributed by atoms with Crippen LogP contribution in [-0.4, -0.2) is 12.5 Å². The highest BCUT2D eigenvalue weighted by molar-refractivity contribution is 5.77. The topological polar surface area (TPSA) is 38.3 Å². The first-order chi connectivity index (χ1) is 7.96. The van der Waals surface area contributed by atoms with Crippen LogP contribution in [0.2, 0.25) is 0 Å². The monoisotopic (exact) mass is 233 g/mol. The molecular weight excluding hydrogens is 214 g/mol. The Hall–Kier alpha value is -1.51. The highest BCUT2D eigenvalue weighted by Gasteiger charge is 2.26. The van der Waals surface area contributed by atoms with Gasteiger partial charge in [-0.3, -0.25) is 4.79 Å². The van der Waals surface area contributed by atoms with Gasteiger partial charge in [-0.1, -0.05) is 39.0 Å². The lowest BCUT2D eigenvalue weighted by Gasteiger charge is -2.19. The Morgan fingerprint density at radius 1 is 1.41 bits per heavy atom. The van der Waals surface area contributed by atoms with Gasteiger partial charge in [0.05, 0.1) is 6.04 Å². The number of para-hydroxylation sites is 1. The summed E-state index contributed by atoms with van der Waals surface area (Å²) in [5.74, 6) is 0.969. The third-order valence-corrected chi connectivity index (χ3v) is 2.73. The zero-order valence-corrected chi connectivity index (χ0v) is 10.6. The number of carbonyl (C=O) groups excluding carboxylic acids is 1. The second-order valence-electron chi connectivity index (χ2n) is 5.71. The molecule has 1 aromatic rings. The highest BCUT2D eigenvalue weighted by atomic mass is 16.5. The zero-order chi connectivity index (χ0) is 12.5. The second-order valence-corrected chi connectivity index (χ2v) is 5.71. The Kier molecular flexibility index (Phi) is 3.09. The molecule has 3 heteroatoms. The molecule has 1 aromatic carbocycles. The first kappa shape index (κ1) is 12.0. The quantitative estimate of drug-likeness (QED) is 0.852. The summed E-state index contributed by atoms with van der Waals surface area (Å²) in [6.45, 7) is 6.72. The van der Waals surface area contributed by atoms with Crippen LogP contribution >= 0.6 is 0 Å². The van der Waals surface area contributed by atoms with Crippen molar-refractivity contribution in [1.29, 1.82) is 0 Å². The molecule has 2 rings (SSSR count). The third kappa shape index (κ3) is 2.99. The average Bonchev–Trinajstić information content (AvgIpc) is 2.59. The fraction of sp³-hybridized carbons (Fsp3) is 0.500. The molecule has 1 atom stereocenters. The maximum atomic E-state index is 11.9. The van der Waals surface area contributed by atoms with Crippen LogP contribution < -0.4 is 10.1 Å². The number of amides is 1. The SMILES string of the molecule is CC(C)(C)CC(=O)NC1COc2ccccc21. The molecule has 1 unspecified atom stereocenters. The largest absolute Gasteiger partial charge is 0.491 e. The number of benzene rings is 1. The van der Waals surface area contributed by atoms with Gasteiger partial charge in [0.2, 0.25) is 5.91 Å². The van der Waals surface area contributed by atoms with Crippen LogP contribution in [0.1, 0.15) is 38.8 Å². The number of carbonyl (C=O) groups is 1. The first-order valence-electron chi connectivity index (χ1n) is 5.97. The van der Waals surface area contributed by atoms with E-state index in [0.29, 0.717) is 13.0 Å². The zero-order valence-electron chi connectivity index (χ0n) is 10.6. The lowest BCUT2D eigenvalue weighted by atomic mass is 9.91. The van der Waals surface area contributed by atoms with Crippen molar-refractivity contribution in [2.24, 2.45) is 5.41 Å². The van der Waals surface area contributed by atoms with Gasteiger partial charge in [0.1, 0.15) is 12.4 Å². The fourth-order valence-corrected chi connectivity index (χ4v) is 2.01. The lowest BCUT2D eigenvalue weighted by Crippen LogP contribution is -2.32. The van der Waals surface area contributed by atoms with Gasteiger partial charge in [-0.2, -0.15) is 0 Å². The molecule has 17 heavy (non-hydrogen) atoms. The molecule has 1 amide bonds. The van der Waals surface area contributed by atoms with Crippen molar-refractivity contribution < 1.29 is 9.53 Å². The molecular formula is C14H19NO2. The number of hydrogen-bond acceptors (Lipinski definition) is 2. The van der Waals surface area contributed by atoms with Crippen LogP contribution in [0.15, 0.2) is 24.3 Å². The molecule has 0 saturated carbocycles. The molecule has 0 fully saturated rings. The number of fused-ring (bicyclic) bond motifs is 1. The minimum Gasteiger partial charge on any atom is -0.491 e. The van der Waals surface area contributed by atoms with E-state index in [4.69, 9.17) is 4.74 Å². The number of nitrogens with one attached hydrogen (secondary N) is 1. The van der Waals surface area contributed by atoms with Crippen molar-refractivity contribution in [3.05, 3.63) is 29.8 Å². The summed E-state index contributed by atoms with van der Waals surface area (Å²) in [5.41, 5.74) is 1.10. The highest BCUT2D eigenvalue weighted by Crippen LogP contribution is 2.32. The summed E-state index contributed by atoms with van der Waals surface area (Å²) in [4.78, 5) is 11.9. The molecule has 1 aliphatic heterocycles. The van der Waals surface area contributed by atoms with Gasteiger partial charge in [0.15, 0.2) is 0 Å². The van der Waals surface area contributed by atoms with E-state index >= 15 is 0 Å². The molecule has 0 aliphatic carbocycles. The Bertz CT molecular complexity index is 420. The molecule has 3 nitrogen and oxygen atoms in total. The van der Waals surface area contributed by atoms with E-state index in [1.165, 1.54) is 0 Å². The van der Waals surface area contributed by atoms with E-state index in [0.717, 1.165) is 11.3 Å². The van der Waals surface area contributed by atoms with E-state index < -0.39 is 0 Å². The molecule has 0 saturated heterocycles. The summed E-state index contributed by atoms with van der Waals surface area (Å²) < 4.78 is 5.53. The van der Waals surface area contributed by atoms with Gasteiger partial charge in [0, 0.05) is 12.0 Å². The van der Waals surface area contributed by atoms with Gasteiger partial charge in [-0.05, 0) is 11.5 Å². The predicted octanol–water partition coefficient (Wildman–Crippen LogP) is 2.67. The van der Waals surface area contributed by atoms with Gasteiger partial charge in [0.25, 0.3) is 0 Å². The summed E-state index contributed by atoms with van der Waals surface area (Å²) >= 11 is 0. The van der Waals surface area contributed by atoms with Crippen LogP contribution in [0.5, 0.6) is 5.75 Å². The van der Waals surface area contributed by atoms with E-state index in [1.54, 1.807) is 0 Å². The molecule has 1 heterocycles. The van der Waals surface area contributed by atoms with Gasteiger partial charge >= 0.3 is 0 Å². The summed E-state index contributed by atoms with van der Waals surface area (Å²) in [5, 5.41) is 3.03. The molecule has 0 spiro atoms. The Morgan fingerprint density at radius 3 is 2.82 bits per heavy atom. The Morgan fingerprint density at radius 2 is 2.12 bits per heavy atom. The molecule has 0 radical (unpaired) electrons. The number of rotatable bonds is 2. The van der Waals surface area contributed by atoms with Gasteiger partial charge in [-0.25, -0.2) is 0 Å². The minimum atomic E-state index is 0.000972. The van der Waals surface area contributed by atoms with E-state index in [9.17, 15) is 4.79 Å². The maximum absolute atomic E-state index is 11.9. The maximum Gasteiger partial charge on any atom is 0.221 e. The molecule has 0 bridgehead atoms. The van der Waals surface area contributed by atoms with Gasteiger partial charge in [-0.15, -0.1) is 0 Å². The Balaban J connectivity index is 2.00. The minimum absolute atomic E-state index is 0.000972. The van der Waals surface area contributed by atoms with Gasteiger partial charge < -0.3 is 10.1 Å². The van der Waals surface area contributed by atoms with Crippen molar-refractivity contribution in [3.63, 3.8) is 0 Å². The fourth-order valence-electron chi connectivity index (χ4n) is 2.01. The van der Waals surface area contributed by atoms with Crippen molar-refractivity contribution in [3.8, 4) is 5.75 Å². The van der Waals surface area contributed by atoms with Crippen LogP contribution in [-0.2, 0) is 4.79 Å². The summed E-state index contributed by atoms with van der Waals surface area (Å²) in [6.07, 6.45) is 0.533. The van der Waals surface area contributed by atoms with Crippen molar-refractivity contribution in [1.82, 2.24) is 5.32 Å². The van der Waals surface area contributed by atoms with Crippen LogP contribution in [0, 0.1) is 5.41 Å². The average molecular weight is 233 g/mol. The van der Waals surface area contributed by atoms with Crippen LogP contribution in [0.3, 0.4) is 0 Å². The molecule has 1 N–H and O–H groups in total. The van der Waals surface area contributed by atoms with Crippen molar-refractivity contribution in [2.45, 2.75) is 33.2 Å². The summed E-state index contributed by atoms with van der Waals surface area (Å²) in [7, 11) is 0. The van der Waals surface area contributed by atoms with E-state index in [2.05, 4.69) is 26.1 Å². The van der Waals surface area contributed by atoms with Crippen LogP contribution in [0.4, 0.5) is 0 Å². The summed E-state index contributed by atoms with van der Waals surface area (Å²) in [6, 6.07) is 7.85. The van der Waals surface area contributed by atoms with Crippen molar-refractivity contribution in [2.75, 3.05) is 6.61 Å². The number of ether oxygens (including phenoxy) is 1. The molecule has 1 aliphatic rings. The van der Waals surface area contributed by atoms with Crippen LogP contribution in [0.25, 0.3) is 0 Å². The number of hydrogen-bond donors (Lipinski definition) is 1.